The molecule has 2 aromatic rings. The summed E-state index contributed by atoms with van der Waals surface area (Å²) in [5.41, 5.74) is 2.89. The zero-order valence-corrected chi connectivity index (χ0v) is 17.5. The number of nitrogens with zero attached hydrogens (tertiary/aromatic N) is 2. The van der Waals surface area contributed by atoms with Gasteiger partial charge in [0.05, 0.1) is 16.9 Å². The van der Waals surface area contributed by atoms with E-state index in [1.165, 1.54) is 0 Å². The molecule has 0 saturated heterocycles. The minimum atomic E-state index is -0.362. The lowest BCUT2D eigenvalue weighted by Gasteiger charge is -2.17. The monoisotopic (exact) mass is 443 g/mol. The molecule has 1 amide bonds. The van der Waals surface area contributed by atoms with E-state index in [0.717, 1.165) is 28.8 Å². The van der Waals surface area contributed by atoms with E-state index in [2.05, 4.69) is 45.0 Å². The van der Waals surface area contributed by atoms with Gasteiger partial charge in [0, 0.05) is 16.6 Å². The van der Waals surface area contributed by atoms with Crippen molar-refractivity contribution in [1.82, 2.24) is 4.90 Å². The maximum absolute atomic E-state index is 12.2. The third-order valence-electron chi connectivity index (χ3n) is 4.58. The van der Waals surface area contributed by atoms with Crippen LogP contribution in [0, 0.1) is 0 Å². The number of fused-ring (bicyclic) bond motifs is 1. The van der Waals surface area contributed by atoms with Crippen molar-refractivity contribution in [3.8, 4) is 0 Å². The molecule has 0 unspecified atom stereocenters. The van der Waals surface area contributed by atoms with Crippen molar-refractivity contribution in [2.75, 3.05) is 31.6 Å². The maximum atomic E-state index is 12.2. The van der Waals surface area contributed by atoms with Gasteiger partial charge >= 0.3 is 5.97 Å². The smallest absolute Gasteiger partial charge is 0.338 e. The van der Waals surface area contributed by atoms with Crippen molar-refractivity contribution < 1.29 is 14.3 Å². The van der Waals surface area contributed by atoms with Crippen LogP contribution in [0.25, 0.3) is 0 Å². The van der Waals surface area contributed by atoms with Crippen LogP contribution >= 0.6 is 15.9 Å². The summed E-state index contributed by atoms with van der Waals surface area (Å²) in [6, 6.07) is 12.3. The second-order valence-electron chi connectivity index (χ2n) is 6.31. The first-order valence-corrected chi connectivity index (χ1v) is 10.0. The first-order valence-electron chi connectivity index (χ1n) is 9.21. The molecule has 1 aliphatic rings. The molecule has 7 heteroatoms. The number of halogens is 1. The van der Waals surface area contributed by atoms with Gasteiger partial charge < -0.3 is 15.0 Å². The van der Waals surface area contributed by atoms with Crippen LogP contribution in [-0.4, -0.2) is 48.7 Å². The van der Waals surface area contributed by atoms with E-state index in [0.29, 0.717) is 30.1 Å². The number of nitrogens with one attached hydrogen (secondary N) is 1. The van der Waals surface area contributed by atoms with Crippen LogP contribution in [0.4, 0.5) is 11.4 Å². The zero-order chi connectivity index (χ0) is 20.1. The van der Waals surface area contributed by atoms with Crippen LogP contribution in [0.2, 0.25) is 0 Å². The molecule has 28 heavy (non-hydrogen) atoms. The Morgan fingerprint density at radius 1 is 1.14 bits per heavy atom. The van der Waals surface area contributed by atoms with Gasteiger partial charge in [-0.25, -0.2) is 9.79 Å². The number of benzene rings is 2. The van der Waals surface area contributed by atoms with Crippen molar-refractivity contribution in [3.05, 3.63) is 58.1 Å². The molecule has 3 rings (SSSR count). The Morgan fingerprint density at radius 2 is 1.86 bits per heavy atom. The first-order chi connectivity index (χ1) is 13.5. The normalized spacial score (nSPS) is 14.3. The number of hydrogen-bond donors (Lipinski definition) is 1. The van der Waals surface area contributed by atoms with Gasteiger partial charge in [0.15, 0.2) is 0 Å². The van der Waals surface area contributed by atoms with Crippen molar-refractivity contribution in [2.24, 2.45) is 4.99 Å². The Bertz CT molecular complexity index is 906. The number of amides is 1. The molecule has 0 atom stereocenters. The van der Waals surface area contributed by atoms with E-state index in [9.17, 15) is 9.59 Å². The van der Waals surface area contributed by atoms with Crippen LogP contribution in [0.15, 0.2) is 51.9 Å². The topological polar surface area (TPSA) is 71.0 Å². The summed E-state index contributed by atoms with van der Waals surface area (Å²) < 4.78 is 6.20. The molecule has 6 nitrogen and oxygen atoms in total. The maximum Gasteiger partial charge on any atom is 0.338 e. The van der Waals surface area contributed by atoms with Gasteiger partial charge in [0.2, 0.25) is 0 Å². The van der Waals surface area contributed by atoms with Crippen LogP contribution in [-0.2, 0) is 9.53 Å². The number of likely N-dealkylation sites (N-methyl/N-ethyl adjacent to an activating group) is 1. The largest absolute Gasteiger partial charge is 0.461 e. The third-order valence-corrected chi connectivity index (χ3v) is 5.07. The molecule has 0 aromatic heterocycles. The number of aliphatic imine (C=N–C) groups is 1. The van der Waals surface area contributed by atoms with Gasteiger partial charge in [0.1, 0.15) is 12.3 Å². The summed E-state index contributed by atoms with van der Waals surface area (Å²) in [6.45, 7) is 7.08. The Hall–Kier alpha value is -2.51. The molecule has 0 spiro atoms. The number of hydrogen-bond acceptors (Lipinski definition) is 5. The first kappa shape index (κ1) is 20.2. The van der Waals surface area contributed by atoms with E-state index < -0.39 is 0 Å². The van der Waals surface area contributed by atoms with Gasteiger partial charge in [-0.3, -0.25) is 4.79 Å². The predicted molar refractivity (Wildman–Crippen MR) is 113 cm³/mol. The van der Waals surface area contributed by atoms with Crippen LogP contribution < -0.4 is 5.32 Å². The molecular weight excluding hydrogens is 422 g/mol. The summed E-state index contributed by atoms with van der Waals surface area (Å²) in [5.74, 6) is -0.604. The molecule has 0 radical (unpaired) electrons. The van der Waals surface area contributed by atoms with E-state index in [1.807, 2.05) is 18.2 Å². The summed E-state index contributed by atoms with van der Waals surface area (Å²) in [6.07, 6.45) is 0. The van der Waals surface area contributed by atoms with E-state index in [1.54, 1.807) is 24.3 Å². The SMILES string of the molecule is CCN(CC)CCOC(=O)c1ccc(N=C2C(=O)Nc3ccc(Br)cc32)cc1. The Kier molecular flexibility index (Phi) is 6.59. The van der Waals surface area contributed by atoms with E-state index in [4.69, 9.17) is 4.74 Å². The summed E-state index contributed by atoms with van der Waals surface area (Å²) >= 11 is 3.41. The molecule has 0 aliphatic carbocycles. The van der Waals surface area contributed by atoms with Crippen LogP contribution in [0.1, 0.15) is 29.8 Å². The van der Waals surface area contributed by atoms with Crippen molar-refractivity contribution in [3.63, 3.8) is 0 Å². The Labute approximate surface area is 172 Å². The van der Waals surface area contributed by atoms with E-state index in [-0.39, 0.29) is 11.9 Å². The van der Waals surface area contributed by atoms with Gasteiger partial charge in [-0.05, 0) is 55.6 Å². The number of carbonyl (C=O) groups is 2. The lowest BCUT2D eigenvalue weighted by atomic mass is 10.1. The fourth-order valence-corrected chi connectivity index (χ4v) is 3.29. The van der Waals surface area contributed by atoms with Gasteiger partial charge in [-0.2, -0.15) is 0 Å². The molecule has 1 heterocycles. The van der Waals surface area contributed by atoms with Gasteiger partial charge in [-0.1, -0.05) is 29.8 Å². The highest BCUT2D eigenvalue weighted by molar-refractivity contribution is 9.10. The van der Waals surface area contributed by atoms with E-state index >= 15 is 0 Å². The lowest BCUT2D eigenvalue weighted by Crippen LogP contribution is -2.27. The molecule has 0 fully saturated rings. The van der Waals surface area contributed by atoms with Crippen molar-refractivity contribution in [1.29, 1.82) is 0 Å². The quantitative estimate of drug-likeness (QED) is 0.655. The minimum Gasteiger partial charge on any atom is -0.461 e. The molecule has 146 valence electrons. The van der Waals surface area contributed by atoms with Crippen LogP contribution in [0.3, 0.4) is 0 Å². The number of rotatable bonds is 7. The lowest BCUT2D eigenvalue weighted by molar-refractivity contribution is -0.110. The fourth-order valence-electron chi connectivity index (χ4n) is 2.93. The highest BCUT2D eigenvalue weighted by Crippen LogP contribution is 2.28. The number of esters is 1. The van der Waals surface area contributed by atoms with Gasteiger partial charge in [-0.15, -0.1) is 0 Å². The average Bonchev–Trinajstić information content (AvgIpc) is 3.00. The average molecular weight is 444 g/mol. The minimum absolute atomic E-state index is 0.243. The van der Waals surface area contributed by atoms with Gasteiger partial charge in [0.25, 0.3) is 5.91 Å². The molecule has 0 saturated carbocycles. The van der Waals surface area contributed by atoms with Crippen LogP contribution in [0.5, 0.6) is 0 Å². The van der Waals surface area contributed by atoms with Crippen molar-refractivity contribution in [2.45, 2.75) is 13.8 Å². The number of ether oxygens (including phenoxy) is 1. The second-order valence-corrected chi connectivity index (χ2v) is 7.23. The molecule has 2 aromatic carbocycles. The van der Waals surface area contributed by atoms with Crippen molar-refractivity contribution >= 4 is 44.9 Å². The Balaban J connectivity index is 1.68. The Morgan fingerprint density at radius 3 is 2.54 bits per heavy atom. The molecule has 0 bridgehead atoms. The molecular formula is C21H22BrN3O3. The fraction of sp³-hybridized carbons (Fsp3) is 0.286. The highest BCUT2D eigenvalue weighted by Gasteiger charge is 2.26. The second kappa shape index (κ2) is 9.12. The standard InChI is InChI=1S/C21H22BrN3O3/c1-3-25(4-2)11-12-28-21(27)14-5-8-16(9-6-14)23-19-17-13-15(22)7-10-18(17)24-20(19)26/h5-10,13H,3-4,11-12H2,1-2H3,(H,23,24,26). The highest BCUT2D eigenvalue weighted by atomic mass is 79.9. The summed E-state index contributed by atoms with van der Waals surface area (Å²) in [4.78, 5) is 31.0. The third kappa shape index (κ3) is 4.66. The zero-order valence-electron chi connectivity index (χ0n) is 15.9. The summed E-state index contributed by atoms with van der Waals surface area (Å²) in [5, 5.41) is 2.80. The predicted octanol–water partition coefficient (Wildman–Crippen LogP) is 4.02. The molecule has 1 N–H and O–H groups in total. The summed E-state index contributed by atoms with van der Waals surface area (Å²) in [7, 11) is 0. The number of carbonyl (C=O) groups excluding carboxylic acids is 2. The number of anilines is 1. The molecule has 1 aliphatic heterocycles.